The number of piperidine rings is 2. The van der Waals surface area contributed by atoms with E-state index in [0.717, 1.165) is 18.7 Å². The Kier molecular flexibility index (Phi) is 4.83. The van der Waals surface area contributed by atoms with Crippen LogP contribution in [-0.2, 0) is 4.79 Å². The second-order valence-electron chi connectivity index (χ2n) is 9.92. The molecule has 0 aromatic carbocycles. The predicted octanol–water partition coefficient (Wildman–Crippen LogP) is 2.00. The molecule has 5 aliphatic heterocycles. The van der Waals surface area contributed by atoms with Gasteiger partial charge in [0.05, 0.1) is 5.57 Å². The molecule has 4 fully saturated rings. The molecule has 1 aliphatic carbocycles. The molecule has 1 saturated carbocycles. The van der Waals surface area contributed by atoms with Crippen molar-refractivity contribution in [2.45, 2.75) is 38.0 Å². The number of halogens is 2. The number of carbonyl (C=O) groups excluding carboxylic acids is 2. The molecule has 10 heteroatoms. The van der Waals surface area contributed by atoms with Crippen LogP contribution in [0.25, 0.3) is 0 Å². The monoisotopic (exact) mass is 458 g/mol. The Labute approximate surface area is 191 Å². The highest BCUT2D eigenvalue weighted by atomic mass is 19.3. The van der Waals surface area contributed by atoms with Crippen LogP contribution in [0.4, 0.5) is 13.6 Å². The summed E-state index contributed by atoms with van der Waals surface area (Å²) in [6, 6.07) is -0.0982. The van der Waals surface area contributed by atoms with E-state index >= 15 is 0 Å². The topological polar surface area (TPSA) is 71.5 Å². The maximum atomic E-state index is 13.2. The van der Waals surface area contributed by atoms with Gasteiger partial charge in [-0.1, -0.05) is 6.08 Å². The van der Waals surface area contributed by atoms with Gasteiger partial charge in [0.2, 0.25) is 6.43 Å². The fraction of sp³-hybridized carbons (Fsp3) is 0.609. The minimum atomic E-state index is -2.39. The molecule has 3 saturated heterocycles. The Morgan fingerprint density at radius 3 is 2.94 bits per heavy atom. The molecule has 0 aromatic heterocycles. The fourth-order valence-corrected chi connectivity index (χ4v) is 5.95. The van der Waals surface area contributed by atoms with Gasteiger partial charge in [-0.25, -0.2) is 19.0 Å². The number of hydrazine groups is 1. The SMILES string of the molecule is CN1NC2C=C(N3CC4CC4C4C=C(C(=O)N5CCCC(C(F)F)C5)C=NC43)C=CN2C1=O. The van der Waals surface area contributed by atoms with Gasteiger partial charge in [0, 0.05) is 56.6 Å². The Morgan fingerprint density at radius 2 is 2.12 bits per heavy atom. The van der Waals surface area contributed by atoms with E-state index in [2.05, 4.69) is 10.3 Å². The lowest BCUT2D eigenvalue weighted by Crippen LogP contribution is -2.48. The van der Waals surface area contributed by atoms with Gasteiger partial charge in [-0.2, -0.15) is 0 Å². The quantitative estimate of drug-likeness (QED) is 0.703. The minimum Gasteiger partial charge on any atom is -0.349 e. The Morgan fingerprint density at radius 1 is 1.27 bits per heavy atom. The number of carbonyl (C=O) groups is 2. The lowest BCUT2D eigenvalue weighted by atomic mass is 9.88. The standard InChI is InChI=1S/C23H28F2N6O2/c1-28-23(33)30-6-4-16(9-19(30)27-28)31-12-15-8-17(15)18-7-14(10-26-21(18)31)22(32)29-5-2-3-13(11-29)20(24)25/h4,6-7,9-10,13,15,17-21,27H,2-3,5,8,11-12H2,1H3. The lowest BCUT2D eigenvalue weighted by Gasteiger charge is -2.42. The van der Waals surface area contributed by atoms with Crippen LogP contribution in [0.1, 0.15) is 19.3 Å². The highest BCUT2D eigenvalue weighted by Gasteiger charge is 2.53. The molecule has 0 aromatic rings. The molecule has 6 rings (SSSR count). The number of alkyl halides is 2. The number of amides is 3. The van der Waals surface area contributed by atoms with Crippen molar-refractivity contribution < 1.29 is 18.4 Å². The molecule has 6 atom stereocenters. The fourth-order valence-electron chi connectivity index (χ4n) is 5.95. The number of likely N-dealkylation sites (tertiary alicyclic amines) is 2. The first-order valence-electron chi connectivity index (χ1n) is 11.7. The Balaban J connectivity index is 1.20. The third-order valence-corrected chi connectivity index (χ3v) is 7.85. The number of hydrogen-bond donors (Lipinski definition) is 1. The number of nitrogens with one attached hydrogen (secondary N) is 1. The highest BCUT2D eigenvalue weighted by Crippen LogP contribution is 2.53. The van der Waals surface area contributed by atoms with Gasteiger partial charge < -0.3 is 9.80 Å². The summed E-state index contributed by atoms with van der Waals surface area (Å²) in [6.07, 6.45) is 8.94. The van der Waals surface area contributed by atoms with Crippen molar-refractivity contribution in [3.8, 4) is 0 Å². The van der Waals surface area contributed by atoms with Gasteiger partial charge in [-0.05, 0) is 43.3 Å². The summed E-state index contributed by atoms with van der Waals surface area (Å²) in [7, 11) is 1.70. The Hall–Kier alpha value is -2.75. The summed E-state index contributed by atoms with van der Waals surface area (Å²) in [5, 5.41) is 1.48. The van der Waals surface area contributed by atoms with Gasteiger partial charge in [-0.3, -0.25) is 19.7 Å². The van der Waals surface area contributed by atoms with Gasteiger partial charge in [0.25, 0.3) is 5.91 Å². The van der Waals surface area contributed by atoms with E-state index in [-0.39, 0.29) is 36.7 Å². The third kappa shape index (κ3) is 3.46. The summed E-state index contributed by atoms with van der Waals surface area (Å²) in [5.74, 6) is 0.258. The van der Waals surface area contributed by atoms with Gasteiger partial charge in [0.1, 0.15) is 12.3 Å². The first-order chi connectivity index (χ1) is 15.9. The van der Waals surface area contributed by atoms with Crippen molar-refractivity contribution >= 4 is 18.2 Å². The zero-order chi connectivity index (χ0) is 22.9. The molecule has 1 N–H and O–H groups in total. The molecule has 0 bridgehead atoms. The molecule has 33 heavy (non-hydrogen) atoms. The summed E-state index contributed by atoms with van der Waals surface area (Å²) < 4.78 is 26.4. The van der Waals surface area contributed by atoms with E-state index in [9.17, 15) is 18.4 Å². The van der Waals surface area contributed by atoms with E-state index in [4.69, 9.17) is 4.99 Å². The van der Waals surface area contributed by atoms with Crippen molar-refractivity contribution in [3.05, 3.63) is 35.7 Å². The van der Waals surface area contributed by atoms with Gasteiger partial charge in [-0.15, -0.1) is 0 Å². The Bertz CT molecular complexity index is 993. The molecular weight excluding hydrogens is 430 g/mol. The van der Waals surface area contributed by atoms with Crippen molar-refractivity contribution in [2.75, 3.05) is 26.7 Å². The summed E-state index contributed by atoms with van der Waals surface area (Å²) in [4.78, 5) is 35.6. The van der Waals surface area contributed by atoms with Crippen LogP contribution >= 0.6 is 0 Å². The smallest absolute Gasteiger partial charge is 0.339 e. The largest absolute Gasteiger partial charge is 0.349 e. The number of fused-ring (bicyclic) bond motifs is 4. The number of urea groups is 1. The average molecular weight is 459 g/mol. The molecule has 8 nitrogen and oxygen atoms in total. The molecule has 6 unspecified atom stereocenters. The highest BCUT2D eigenvalue weighted by molar-refractivity contribution is 6.12. The lowest BCUT2D eigenvalue weighted by molar-refractivity contribution is -0.129. The second kappa shape index (κ2) is 7.65. The number of rotatable bonds is 3. The molecule has 3 amide bonds. The van der Waals surface area contributed by atoms with E-state index in [0.29, 0.717) is 36.8 Å². The zero-order valence-electron chi connectivity index (χ0n) is 18.5. The van der Waals surface area contributed by atoms with E-state index in [1.54, 1.807) is 29.3 Å². The van der Waals surface area contributed by atoms with Crippen molar-refractivity contribution in [2.24, 2.45) is 28.7 Å². The summed E-state index contributed by atoms with van der Waals surface area (Å²) in [5.41, 5.74) is 4.69. The van der Waals surface area contributed by atoms with Gasteiger partial charge >= 0.3 is 6.03 Å². The summed E-state index contributed by atoms with van der Waals surface area (Å²) >= 11 is 0. The van der Waals surface area contributed by atoms with Crippen molar-refractivity contribution in [1.29, 1.82) is 0 Å². The summed E-state index contributed by atoms with van der Waals surface area (Å²) in [6.45, 7) is 1.54. The third-order valence-electron chi connectivity index (χ3n) is 7.85. The first-order valence-corrected chi connectivity index (χ1v) is 11.7. The van der Waals surface area contributed by atoms with Gasteiger partial charge in [0.15, 0.2) is 0 Å². The van der Waals surface area contributed by atoms with Crippen LogP contribution in [0.3, 0.4) is 0 Å². The number of allylic oxidation sites excluding steroid dienone is 1. The maximum Gasteiger partial charge on any atom is 0.339 e. The molecule has 176 valence electrons. The van der Waals surface area contributed by atoms with E-state index < -0.39 is 12.3 Å². The van der Waals surface area contributed by atoms with Crippen LogP contribution in [0, 0.1) is 23.7 Å². The number of dihydropyridines is 1. The number of nitrogens with zero attached hydrogens (tertiary/aromatic N) is 5. The predicted molar refractivity (Wildman–Crippen MR) is 117 cm³/mol. The average Bonchev–Trinajstić information content (AvgIpc) is 3.56. The van der Waals surface area contributed by atoms with Crippen LogP contribution in [0.5, 0.6) is 0 Å². The first kappa shape index (κ1) is 20.8. The maximum absolute atomic E-state index is 13.2. The molecule has 5 heterocycles. The van der Waals surface area contributed by atoms with Crippen LogP contribution < -0.4 is 5.43 Å². The van der Waals surface area contributed by atoms with Crippen LogP contribution in [0.2, 0.25) is 0 Å². The number of hydrogen-bond acceptors (Lipinski definition) is 5. The molecule has 6 aliphatic rings. The molecular formula is C23H28F2N6O2. The normalized spacial score (nSPS) is 37.0. The van der Waals surface area contributed by atoms with Crippen molar-refractivity contribution in [1.82, 2.24) is 25.1 Å². The van der Waals surface area contributed by atoms with Crippen molar-refractivity contribution in [3.63, 3.8) is 0 Å². The minimum absolute atomic E-state index is 0.0982. The van der Waals surface area contributed by atoms with E-state index in [1.807, 2.05) is 18.2 Å². The molecule has 0 spiro atoms. The zero-order valence-corrected chi connectivity index (χ0v) is 18.5. The second-order valence-corrected chi connectivity index (χ2v) is 9.92. The van der Waals surface area contributed by atoms with Crippen LogP contribution in [-0.4, -0.2) is 83.3 Å². The van der Waals surface area contributed by atoms with E-state index in [1.165, 1.54) is 5.01 Å². The van der Waals surface area contributed by atoms with Crippen LogP contribution in [0.15, 0.2) is 40.7 Å². The molecule has 0 radical (unpaired) electrons. The number of aliphatic imine (C=N–C) groups is 1.